The normalized spacial score (nSPS) is 16.8. The van der Waals surface area contributed by atoms with E-state index in [-0.39, 0.29) is 0 Å². The molecule has 4 heteroatoms. The maximum absolute atomic E-state index is 4.81. The average Bonchev–Trinajstić information content (AvgIpc) is 2.48. The minimum absolute atomic E-state index is 0.657. The van der Waals surface area contributed by atoms with Crippen LogP contribution in [-0.4, -0.2) is 35.6 Å². The quantitative estimate of drug-likeness (QED) is 0.930. The molecule has 106 valence electrons. The van der Waals surface area contributed by atoms with Crippen molar-refractivity contribution in [2.75, 3.05) is 24.5 Å². The van der Waals surface area contributed by atoms with Gasteiger partial charge < -0.3 is 10.2 Å². The van der Waals surface area contributed by atoms with E-state index in [0.717, 1.165) is 42.2 Å². The van der Waals surface area contributed by atoms with Gasteiger partial charge in [0.05, 0.1) is 16.7 Å². The van der Waals surface area contributed by atoms with Gasteiger partial charge in [-0.2, -0.15) is 0 Å². The lowest BCUT2D eigenvalue weighted by Crippen LogP contribution is -2.43. The smallest absolute Gasteiger partial charge is 0.150 e. The van der Waals surface area contributed by atoms with Crippen LogP contribution in [0.4, 0.5) is 5.82 Å². The second-order valence-electron chi connectivity index (χ2n) is 5.44. The number of benzene rings is 1. The van der Waals surface area contributed by atoms with Crippen LogP contribution in [0.3, 0.4) is 0 Å². The molecule has 2 aromatic rings. The molecule has 4 nitrogen and oxygen atoms in total. The summed E-state index contributed by atoms with van der Waals surface area (Å²) >= 11 is 0. The Kier molecular flexibility index (Phi) is 3.83. The molecule has 0 saturated carbocycles. The van der Waals surface area contributed by atoms with Gasteiger partial charge in [-0.15, -0.1) is 0 Å². The number of fused-ring (bicyclic) bond motifs is 1. The Hall–Kier alpha value is -1.68. The van der Waals surface area contributed by atoms with Gasteiger partial charge in [0.2, 0.25) is 0 Å². The zero-order valence-corrected chi connectivity index (χ0v) is 12.3. The Morgan fingerprint density at radius 1 is 1.15 bits per heavy atom. The Bertz CT molecular complexity index is 588. The van der Waals surface area contributed by atoms with Crippen molar-refractivity contribution in [3.8, 4) is 0 Å². The summed E-state index contributed by atoms with van der Waals surface area (Å²) in [6.07, 6.45) is 2.36. The van der Waals surface area contributed by atoms with Crippen molar-refractivity contribution in [2.24, 2.45) is 0 Å². The third-order valence-electron chi connectivity index (χ3n) is 4.01. The molecule has 1 N–H and O–H groups in total. The first kappa shape index (κ1) is 13.3. The van der Waals surface area contributed by atoms with E-state index in [1.165, 1.54) is 12.8 Å². The zero-order valence-electron chi connectivity index (χ0n) is 12.3. The van der Waals surface area contributed by atoms with E-state index in [1.54, 1.807) is 0 Å². The first-order chi connectivity index (χ1) is 9.78. The SMILES string of the molecule is CCNC1CCN(c2nc3ccccc3nc2C)CC1. The van der Waals surface area contributed by atoms with E-state index in [0.29, 0.717) is 6.04 Å². The lowest BCUT2D eigenvalue weighted by molar-refractivity contribution is 0.422. The molecule has 1 aromatic carbocycles. The minimum atomic E-state index is 0.657. The second-order valence-corrected chi connectivity index (χ2v) is 5.44. The topological polar surface area (TPSA) is 41.0 Å². The number of hydrogen-bond acceptors (Lipinski definition) is 4. The molecule has 1 saturated heterocycles. The summed E-state index contributed by atoms with van der Waals surface area (Å²) < 4.78 is 0. The van der Waals surface area contributed by atoms with Gasteiger partial charge in [0.15, 0.2) is 5.82 Å². The summed E-state index contributed by atoms with van der Waals surface area (Å²) in [4.78, 5) is 11.9. The Morgan fingerprint density at radius 2 is 1.80 bits per heavy atom. The van der Waals surface area contributed by atoms with Crippen LogP contribution in [-0.2, 0) is 0 Å². The third-order valence-corrected chi connectivity index (χ3v) is 4.01. The summed E-state index contributed by atoms with van der Waals surface area (Å²) in [6, 6.07) is 8.75. The van der Waals surface area contributed by atoms with Crippen LogP contribution < -0.4 is 10.2 Å². The van der Waals surface area contributed by atoms with Gasteiger partial charge in [-0.3, -0.25) is 0 Å². The molecule has 0 bridgehead atoms. The van der Waals surface area contributed by atoms with Crippen molar-refractivity contribution in [1.82, 2.24) is 15.3 Å². The summed E-state index contributed by atoms with van der Waals surface area (Å²) in [5, 5.41) is 3.54. The number of hydrogen-bond donors (Lipinski definition) is 1. The maximum Gasteiger partial charge on any atom is 0.150 e. The molecule has 3 rings (SSSR count). The van der Waals surface area contributed by atoms with Crippen molar-refractivity contribution in [3.05, 3.63) is 30.0 Å². The van der Waals surface area contributed by atoms with Crippen LogP contribution in [0.2, 0.25) is 0 Å². The zero-order chi connectivity index (χ0) is 13.9. The number of para-hydroxylation sites is 2. The van der Waals surface area contributed by atoms with Crippen LogP contribution in [0, 0.1) is 6.92 Å². The monoisotopic (exact) mass is 270 g/mol. The van der Waals surface area contributed by atoms with Crippen molar-refractivity contribution in [3.63, 3.8) is 0 Å². The third kappa shape index (κ3) is 2.61. The van der Waals surface area contributed by atoms with Gasteiger partial charge in [-0.25, -0.2) is 9.97 Å². The summed E-state index contributed by atoms with van der Waals surface area (Å²) in [6.45, 7) is 7.41. The summed E-state index contributed by atoms with van der Waals surface area (Å²) in [5.74, 6) is 1.05. The lowest BCUT2D eigenvalue weighted by Gasteiger charge is -2.33. The Labute approximate surface area is 120 Å². The number of aromatic nitrogens is 2. The first-order valence-electron chi connectivity index (χ1n) is 7.49. The van der Waals surface area contributed by atoms with E-state index in [4.69, 9.17) is 4.98 Å². The van der Waals surface area contributed by atoms with Crippen molar-refractivity contribution in [1.29, 1.82) is 0 Å². The molecule has 0 unspecified atom stereocenters. The number of rotatable bonds is 3. The van der Waals surface area contributed by atoms with Crippen LogP contribution >= 0.6 is 0 Å². The van der Waals surface area contributed by atoms with Gasteiger partial charge in [-0.05, 0) is 38.4 Å². The van der Waals surface area contributed by atoms with Gasteiger partial charge in [0.25, 0.3) is 0 Å². The van der Waals surface area contributed by atoms with Crippen molar-refractivity contribution < 1.29 is 0 Å². The molecular formula is C16H22N4. The fourth-order valence-corrected chi connectivity index (χ4v) is 2.96. The molecule has 0 radical (unpaired) electrons. The Balaban J connectivity index is 1.82. The van der Waals surface area contributed by atoms with Gasteiger partial charge in [-0.1, -0.05) is 19.1 Å². The van der Waals surface area contributed by atoms with Crippen LogP contribution in [0.5, 0.6) is 0 Å². The summed E-state index contributed by atoms with van der Waals surface area (Å²) in [5.41, 5.74) is 3.00. The van der Waals surface area contributed by atoms with E-state index in [1.807, 2.05) is 24.3 Å². The molecule has 0 spiro atoms. The van der Waals surface area contributed by atoms with Crippen molar-refractivity contribution in [2.45, 2.75) is 32.7 Å². The van der Waals surface area contributed by atoms with Gasteiger partial charge in [0.1, 0.15) is 0 Å². The van der Waals surface area contributed by atoms with Crippen LogP contribution in [0.1, 0.15) is 25.5 Å². The molecule has 0 amide bonds. The lowest BCUT2D eigenvalue weighted by atomic mass is 10.0. The molecule has 0 aliphatic carbocycles. The predicted molar refractivity (Wildman–Crippen MR) is 83.2 cm³/mol. The Morgan fingerprint density at radius 3 is 2.45 bits per heavy atom. The van der Waals surface area contributed by atoms with Crippen LogP contribution in [0.25, 0.3) is 11.0 Å². The highest BCUT2D eigenvalue weighted by Crippen LogP contribution is 2.23. The van der Waals surface area contributed by atoms with E-state index >= 15 is 0 Å². The second kappa shape index (κ2) is 5.75. The standard InChI is InChI=1S/C16H22N4/c1-3-17-13-8-10-20(11-9-13)16-12(2)18-14-6-4-5-7-15(14)19-16/h4-7,13,17H,3,8-11H2,1-2H3. The highest BCUT2D eigenvalue weighted by molar-refractivity contribution is 5.76. The molecule has 1 aliphatic rings. The molecule has 1 aromatic heterocycles. The molecule has 20 heavy (non-hydrogen) atoms. The summed E-state index contributed by atoms with van der Waals surface area (Å²) in [7, 11) is 0. The molecular weight excluding hydrogens is 248 g/mol. The van der Waals surface area contributed by atoms with E-state index in [9.17, 15) is 0 Å². The molecule has 2 heterocycles. The van der Waals surface area contributed by atoms with Gasteiger partial charge >= 0.3 is 0 Å². The molecule has 1 fully saturated rings. The fourth-order valence-electron chi connectivity index (χ4n) is 2.96. The van der Waals surface area contributed by atoms with Crippen LogP contribution in [0.15, 0.2) is 24.3 Å². The maximum atomic E-state index is 4.81. The number of piperidine rings is 1. The molecule has 1 aliphatic heterocycles. The molecule has 0 atom stereocenters. The van der Waals surface area contributed by atoms with Gasteiger partial charge in [0, 0.05) is 19.1 Å². The van der Waals surface area contributed by atoms with E-state index < -0.39 is 0 Å². The number of nitrogens with zero attached hydrogens (tertiary/aromatic N) is 3. The highest BCUT2D eigenvalue weighted by atomic mass is 15.2. The van der Waals surface area contributed by atoms with E-state index in [2.05, 4.69) is 29.0 Å². The van der Waals surface area contributed by atoms with Crippen molar-refractivity contribution >= 4 is 16.9 Å². The fraction of sp³-hybridized carbons (Fsp3) is 0.500. The number of nitrogens with one attached hydrogen (secondary N) is 1. The highest BCUT2D eigenvalue weighted by Gasteiger charge is 2.21. The average molecular weight is 270 g/mol. The predicted octanol–water partition coefficient (Wildman–Crippen LogP) is 2.52. The largest absolute Gasteiger partial charge is 0.355 e. The number of anilines is 1. The number of aryl methyl sites for hydroxylation is 1. The minimum Gasteiger partial charge on any atom is -0.355 e. The first-order valence-corrected chi connectivity index (χ1v) is 7.49.